The van der Waals surface area contributed by atoms with E-state index in [-0.39, 0.29) is 10.6 Å². The minimum Gasteiger partial charge on any atom is -0.380 e. The van der Waals surface area contributed by atoms with Crippen molar-refractivity contribution in [2.24, 2.45) is 0 Å². The predicted octanol–water partition coefficient (Wildman–Crippen LogP) is 2.50. The molecular formula is C13H21N3O4S. The second-order valence-corrected chi connectivity index (χ2v) is 6.34. The van der Waals surface area contributed by atoms with Crippen LogP contribution in [0.25, 0.3) is 0 Å². The Morgan fingerprint density at radius 2 is 1.95 bits per heavy atom. The highest BCUT2D eigenvalue weighted by Crippen LogP contribution is 2.27. The van der Waals surface area contributed by atoms with Crippen molar-refractivity contribution in [1.82, 2.24) is 4.72 Å². The quantitative estimate of drug-likeness (QED) is 0.414. The number of anilines is 1. The van der Waals surface area contributed by atoms with Gasteiger partial charge in [-0.2, -0.15) is 0 Å². The van der Waals surface area contributed by atoms with Crippen molar-refractivity contribution in [2.45, 2.75) is 38.0 Å². The zero-order valence-electron chi connectivity index (χ0n) is 12.3. The monoisotopic (exact) mass is 315 g/mol. The van der Waals surface area contributed by atoms with E-state index in [1.165, 1.54) is 12.1 Å². The number of benzene rings is 1. The van der Waals surface area contributed by atoms with Crippen LogP contribution in [0.3, 0.4) is 0 Å². The molecule has 7 nitrogen and oxygen atoms in total. The first-order valence-corrected chi connectivity index (χ1v) is 8.42. The van der Waals surface area contributed by atoms with E-state index in [4.69, 9.17) is 0 Å². The maximum atomic E-state index is 12.1. The smallest absolute Gasteiger partial charge is 0.293 e. The summed E-state index contributed by atoms with van der Waals surface area (Å²) in [6, 6.07) is 3.87. The van der Waals surface area contributed by atoms with E-state index >= 15 is 0 Å². The summed E-state index contributed by atoms with van der Waals surface area (Å²) in [6.45, 7) is 4.68. The molecular weight excluding hydrogens is 294 g/mol. The summed E-state index contributed by atoms with van der Waals surface area (Å²) in [5.74, 6) is 0. The van der Waals surface area contributed by atoms with Crippen molar-refractivity contribution in [3.8, 4) is 0 Å². The summed E-state index contributed by atoms with van der Waals surface area (Å²) in [5, 5.41) is 13.9. The lowest BCUT2D eigenvalue weighted by molar-refractivity contribution is -0.384. The molecule has 0 heterocycles. The van der Waals surface area contributed by atoms with Crippen LogP contribution in [0.15, 0.2) is 23.1 Å². The SMILES string of the molecule is CCCCCNS(=O)(=O)c1ccc(NCC)c([N+](=O)[O-])c1. The summed E-state index contributed by atoms with van der Waals surface area (Å²) in [5.41, 5.74) is 0.0701. The maximum absolute atomic E-state index is 12.1. The molecule has 8 heteroatoms. The normalized spacial score (nSPS) is 11.3. The van der Waals surface area contributed by atoms with Gasteiger partial charge in [0, 0.05) is 19.2 Å². The van der Waals surface area contributed by atoms with Crippen molar-refractivity contribution < 1.29 is 13.3 Å². The van der Waals surface area contributed by atoms with E-state index in [2.05, 4.69) is 10.0 Å². The Labute approximate surface area is 124 Å². The fourth-order valence-electron chi connectivity index (χ4n) is 1.83. The largest absolute Gasteiger partial charge is 0.380 e. The molecule has 0 aromatic heterocycles. The van der Waals surface area contributed by atoms with Gasteiger partial charge in [-0.1, -0.05) is 19.8 Å². The summed E-state index contributed by atoms with van der Waals surface area (Å²) in [4.78, 5) is 10.3. The molecule has 1 aromatic carbocycles. The number of hydrogen-bond acceptors (Lipinski definition) is 5. The Hall–Kier alpha value is -1.67. The van der Waals surface area contributed by atoms with Gasteiger partial charge in [0.05, 0.1) is 9.82 Å². The molecule has 0 atom stereocenters. The Kier molecular flexibility index (Phi) is 6.57. The Morgan fingerprint density at radius 1 is 1.24 bits per heavy atom. The second-order valence-electron chi connectivity index (χ2n) is 4.57. The lowest BCUT2D eigenvalue weighted by atomic mass is 10.2. The lowest BCUT2D eigenvalue weighted by Gasteiger charge is -2.09. The Balaban J connectivity index is 2.97. The van der Waals surface area contributed by atoms with E-state index in [9.17, 15) is 18.5 Å². The van der Waals surface area contributed by atoms with Gasteiger partial charge in [0.15, 0.2) is 0 Å². The van der Waals surface area contributed by atoms with Crippen LogP contribution in [-0.4, -0.2) is 26.4 Å². The summed E-state index contributed by atoms with van der Waals surface area (Å²) < 4.78 is 26.6. The average molecular weight is 315 g/mol. The predicted molar refractivity (Wildman–Crippen MR) is 82.0 cm³/mol. The number of rotatable bonds is 9. The molecule has 0 spiro atoms. The van der Waals surface area contributed by atoms with Crippen molar-refractivity contribution in [3.63, 3.8) is 0 Å². The molecule has 0 fully saturated rings. The molecule has 2 N–H and O–H groups in total. The molecule has 0 saturated heterocycles. The third kappa shape index (κ3) is 4.98. The van der Waals surface area contributed by atoms with Crippen LogP contribution >= 0.6 is 0 Å². The highest BCUT2D eigenvalue weighted by molar-refractivity contribution is 7.89. The van der Waals surface area contributed by atoms with Gasteiger partial charge in [-0.05, 0) is 25.5 Å². The van der Waals surface area contributed by atoms with Crippen LogP contribution in [-0.2, 0) is 10.0 Å². The van der Waals surface area contributed by atoms with Gasteiger partial charge in [0.2, 0.25) is 10.0 Å². The van der Waals surface area contributed by atoms with Crippen LogP contribution < -0.4 is 10.0 Å². The average Bonchev–Trinajstić information content (AvgIpc) is 2.44. The van der Waals surface area contributed by atoms with Crippen molar-refractivity contribution >= 4 is 21.4 Å². The fraction of sp³-hybridized carbons (Fsp3) is 0.538. The zero-order valence-corrected chi connectivity index (χ0v) is 13.1. The van der Waals surface area contributed by atoms with Gasteiger partial charge in [0.25, 0.3) is 5.69 Å². The second kappa shape index (κ2) is 7.94. The first kappa shape index (κ1) is 17.4. The highest BCUT2D eigenvalue weighted by atomic mass is 32.2. The first-order valence-electron chi connectivity index (χ1n) is 6.94. The molecule has 0 saturated carbocycles. The summed E-state index contributed by atoms with van der Waals surface area (Å²) in [6.07, 6.45) is 2.67. The van der Waals surface area contributed by atoms with Gasteiger partial charge in [-0.3, -0.25) is 10.1 Å². The minimum atomic E-state index is -3.71. The molecule has 118 valence electrons. The van der Waals surface area contributed by atoms with Crippen LogP contribution in [0.2, 0.25) is 0 Å². The molecule has 0 radical (unpaired) electrons. The molecule has 0 aliphatic heterocycles. The highest BCUT2D eigenvalue weighted by Gasteiger charge is 2.20. The topological polar surface area (TPSA) is 101 Å². The van der Waals surface area contributed by atoms with Gasteiger partial charge in [-0.25, -0.2) is 13.1 Å². The van der Waals surface area contributed by atoms with E-state index < -0.39 is 14.9 Å². The van der Waals surface area contributed by atoms with Gasteiger partial charge in [0.1, 0.15) is 5.69 Å². The van der Waals surface area contributed by atoms with Gasteiger partial charge >= 0.3 is 0 Å². The lowest BCUT2D eigenvalue weighted by Crippen LogP contribution is -2.24. The van der Waals surface area contributed by atoms with Crippen molar-refractivity contribution in [2.75, 3.05) is 18.4 Å². The fourth-order valence-corrected chi connectivity index (χ4v) is 2.93. The number of unbranched alkanes of at least 4 members (excludes halogenated alkanes) is 2. The van der Waals surface area contributed by atoms with Gasteiger partial charge in [-0.15, -0.1) is 0 Å². The zero-order chi connectivity index (χ0) is 15.9. The van der Waals surface area contributed by atoms with Crippen molar-refractivity contribution in [1.29, 1.82) is 0 Å². The third-order valence-electron chi connectivity index (χ3n) is 2.92. The molecule has 0 bridgehead atoms. The van der Waals surface area contributed by atoms with Crippen LogP contribution in [0.4, 0.5) is 11.4 Å². The third-order valence-corrected chi connectivity index (χ3v) is 4.37. The van der Waals surface area contributed by atoms with Crippen LogP contribution in [0.5, 0.6) is 0 Å². The molecule has 0 amide bonds. The molecule has 0 aliphatic rings. The van der Waals surface area contributed by atoms with Crippen LogP contribution in [0, 0.1) is 10.1 Å². The molecule has 1 rings (SSSR count). The maximum Gasteiger partial charge on any atom is 0.293 e. The Bertz CT molecular complexity index is 587. The molecule has 0 unspecified atom stereocenters. The number of nitrogens with one attached hydrogen (secondary N) is 2. The number of nitrogens with zero attached hydrogens (tertiary/aromatic N) is 1. The number of sulfonamides is 1. The van der Waals surface area contributed by atoms with Crippen LogP contribution in [0.1, 0.15) is 33.1 Å². The molecule has 0 aliphatic carbocycles. The first-order chi connectivity index (χ1) is 9.92. The van der Waals surface area contributed by atoms with E-state index in [1.807, 2.05) is 13.8 Å². The van der Waals surface area contributed by atoms with Gasteiger partial charge < -0.3 is 5.32 Å². The van der Waals surface area contributed by atoms with E-state index in [0.717, 1.165) is 25.3 Å². The van der Waals surface area contributed by atoms with Crippen molar-refractivity contribution in [3.05, 3.63) is 28.3 Å². The number of nitro benzene ring substituents is 1. The minimum absolute atomic E-state index is 0.0904. The summed E-state index contributed by atoms with van der Waals surface area (Å²) >= 11 is 0. The van der Waals surface area contributed by atoms with E-state index in [1.54, 1.807) is 0 Å². The van der Waals surface area contributed by atoms with E-state index in [0.29, 0.717) is 18.8 Å². The summed E-state index contributed by atoms with van der Waals surface area (Å²) in [7, 11) is -3.71. The molecule has 21 heavy (non-hydrogen) atoms. The standard InChI is InChI=1S/C13H21N3O4S/c1-3-5-6-9-15-21(19,20)11-7-8-12(14-4-2)13(10-11)16(17)18/h7-8,10,14-15H,3-6,9H2,1-2H3. The number of hydrogen-bond donors (Lipinski definition) is 2. The Morgan fingerprint density at radius 3 is 2.52 bits per heavy atom. The number of nitro groups is 1. The molecule has 1 aromatic rings.